The van der Waals surface area contributed by atoms with Crippen LogP contribution in [0.4, 0.5) is 0 Å². The third kappa shape index (κ3) is 2.63. The van der Waals surface area contributed by atoms with E-state index in [4.69, 9.17) is 0 Å². The summed E-state index contributed by atoms with van der Waals surface area (Å²) in [6, 6.07) is 2.14. The van der Waals surface area contributed by atoms with Crippen LogP contribution in [0.3, 0.4) is 0 Å². The van der Waals surface area contributed by atoms with Gasteiger partial charge in [0.05, 0.1) is 29.7 Å². The van der Waals surface area contributed by atoms with Gasteiger partial charge in [0.25, 0.3) is 0 Å². The van der Waals surface area contributed by atoms with Crippen LogP contribution in [0, 0.1) is 13.8 Å². The fourth-order valence-corrected chi connectivity index (χ4v) is 2.71. The van der Waals surface area contributed by atoms with Crippen molar-refractivity contribution in [2.75, 3.05) is 0 Å². The highest BCUT2D eigenvalue weighted by molar-refractivity contribution is 5.27. The van der Waals surface area contributed by atoms with Crippen LogP contribution in [-0.4, -0.2) is 24.7 Å². The van der Waals surface area contributed by atoms with E-state index in [9.17, 15) is 5.11 Å². The lowest BCUT2D eigenvalue weighted by atomic mass is 10.1. The lowest BCUT2D eigenvalue weighted by molar-refractivity contribution is 0.197. The summed E-state index contributed by atoms with van der Waals surface area (Å²) >= 11 is 0. The van der Waals surface area contributed by atoms with Crippen LogP contribution in [0.2, 0.25) is 0 Å². The summed E-state index contributed by atoms with van der Waals surface area (Å²) in [5.41, 5.74) is 5.13. The van der Waals surface area contributed by atoms with Crippen LogP contribution in [-0.2, 0) is 19.5 Å². The molecule has 0 spiro atoms. The van der Waals surface area contributed by atoms with Crippen molar-refractivity contribution in [3.8, 4) is 0 Å². The SMILES string of the molecule is CCc1cc(Cn2nc(C)c(C(C)O)c2C)n(CC)n1. The van der Waals surface area contributed by atoms with Gasteiger partial charge in [0, 0.05) is 17.8 Å². The molecule has 0 aliphatic carbocycles. The Hall–Kier alpha value is -1.62. The molecule has 0 saturated heterocycles. The third-order valence-corrected chi connectivity index (χ3v) is 3.74. The molecule has 0 aliphatic rings. The molecule has 1 N–H and O–H groups in total. The maximum Gasteiger partial charge on any atom is 0.0831 e. The van der Waals surface area contributed by atoms with E-state index in [1.54, 1.807) is 6.92 Å². The zero-order chi connectivity index (χ0) is 14.9. The van der Waals surface area contributed by atoms with Crippen molar-refractivity contribution in [1.82, 2.24) is 19.6 Å². The Kier molecular flexibility index (Phi) is 4.28. The summed E-state index contributed by atoms with van der Waals surface area (Å²) in [5, 5.41) is 19.0. The minimum absolute atomic E-state index is 0.481. The normalized spacial score (nSPS) is 12.9. The fraction of sp³-hybridized carbons (Fsp3) is 0.600. The Bertz CT molecular complexity index is 595. The predicted molar refractivity (Wildman–Crippen MR) is 78.7 cm³/mol. The molecule has 0 aromatic carbocycles. The molecule has 2 heterocycles. The second-order valence-corrected chi connectivity index (χ2v) is 5.21. The van der Waals surface area contributed by atoms with Gasteiger partial charge in [-0.25, -0.2) is 0 Å². The Balaban J connectivity index is 2.35. The Morgan fingerprint density at radius 1 is 1.20 bits per heavy atom. The lowest BCUT2D eigenvalue weighted by Gasteiger charge is -2.08. The number of hydrogen-bond donors (Lipinski definition) is 1. The zero-order valence-corrected chi connectivity index (χ0v) is 13.0. The molecule has 0 saturated carbocycles. The number of aliphatic hydroxyl groups is 1. The van der Waals surface area contributed by atoms with Crippen LogP contribution >= 0.6 is 0 Å². The predicted octanol–water partition coefficient (Wildman–Crippen LogP) is 2.38. The Morgan fingerprint density at radius 3 is 2.40 bits per heavy atom. The first-order valence-corrected chi connectivity index (χ1v) is 7.25. The van der Waals surface area contributed by atoms with Crippen molar-refractivity contribution in [1.29, 1.82) is 0 Å². The highest BCUT2D eigenvalue weighted by Gasteiger charge is 2.17. The first-order chi connectivity index (χ1) is 9.47. The minimum atomic E-state index is -0.481. The number of hydrogen-bond acceptors (Lipinski definition) is 3. The van der Waals surface area contributed by atoms with Crippen LogP contribution in [0.1, 0.15) is 55.2 Å². The van der Waals surface area contributed by atoms with Gasteiger partial charge >= 0.3 is 0 Å². The summed E-state index contributed by atoms with van der Waals surface area (Å²) in [5.74, 6) is 0. The van der Waals surface area contributed by atoms with Crippen molar-refractivity contribution in [2.45, 2.75) is 60.2 Å². The van der Waals surface area contributed by atoms with Gasteiger partial charge in [-0.3, -0.25) is 9.36 Å². The van der Waals surface area contributed by atoms with Crippen LogP contribution in [0.25, 0.3) is 0 Å². The summed E-state index contributed by atoms with van der Waals surface area (Å²) in [6.45, 7) is 11.5. The molecule has 0 radical (unpaired) electrons. The van der Waals surface area contributed by atoms with Gasteiger partial charge in [-0.15, -0.1) is 0 Å². The van der Waals surface area contributed by atoms with Crippen LogP contribution < -0.4 is 0 Å². The third-order valence-electron chi connectivity index (χ3n) is 3.74. The number of rotatable bonds is 5. The Labute approximate surface area is 120 Å². The van der Waals surface area contributed by atoms with Crippen LogP contribution in [0.5, 0.6) is 0 Å². The van der Waals surface area contributed by atoms with Gasteiger partial charge in [-0.05, 0) is 40.2 Å². The van der Waals surface area contributed by atoms with Gasteiger partial charge in [-0.1, -0.05) is 6.92 Å². The van der Waals surface area contributed by atoms with Gasteiger partial charge in [-0.2, -0.15) is 10.2 Å². The van der Waals surface area contributed by atoms with E-state index in [2.05, 4.69) is 30.1 Å². The molecular weight excluding hydrogens is 252 g/mol. The number of aryl methyl sites for hydroxylation is 3. The van der Waals surface area contributed by atoms with Crippen LogP contribution in [0.15, 0.2) is 6.07 Å². The highest BCUT2D eigenvalue weighted by Crippen LogP contribution is 2.21. The second-order valence-electron chi connectivity index (χ2n) is 5.21. The molecule has 20 heavy (non-hydrogen) atoms. The van der Waals surface area contributed by atoms with E-state index in [1.165, 1.54) is 0 Å². The van der Waals surface area contributed by atoms with Gasteiger partial charge < -0.3 is 5.11 Å². The number of aromatic nitrogens is 4. The first-order valence-electron chi connectivity index (χ1n) is 7.25. The van der Waals surface area contributed by atoms with Gasteiger partial charge in [0.15, 0.2) is 0 Å². The fourth-order valence-electron chi connectivity index (χ4n) is 2.71. The maximum absolute atomic E-state index is 9.84. The standard InChI is InChI=1S/C15H24N4O/c1-6-13-8-14(18(7-2)17-13)9-19-11(4)15(12(5)20)10(3)16-19/h8,12,20H,6-7,9H2,1-5H3. The smallest absolute Gasteiger partial charge is 0.0831 e. The molecule has 0 amide bonds. The van der Waals surface area contributed by atoms with E-state index in [-0.39, 0.29) is 0 Å². The van der Waals surface area contributed by atoms with Crippen molar-refractivity contribution in [3.63, 3.8) is 0 Å². The molecule has 1 atom stereocenters. The van der Waals surface area contributed by atoms with Crippen molar-refractivity contribution >= 4 is 0 Å². The summed E-state index contributed by atoms with van der Waals surface area (Å²) in [7, 11) is 0. The largest absolute Gasteiger partial charge is 0.389 e. The van der Waals surface area contributed by atoms with E-state index < -0.39 is 6.10 Å². The Morgan fingerprint density at radius 2 is 1.90 bits per heavy atom. The van der Waals surface area contributed by atoms with Crippen molar-refractivity contribution in [3.05, 3.63) is 34.4 Å². The van der Waals surface area contributed by atoms with Gasteiger partial charge in [0.2, 0.25) is 0 Å². The van der Waals surface area contributed by atoms with E-state index >= 15 is 0 Å². The molecule has 2 aromatic heterocycles. The minimum Gasteiger partial charge on any atom is -0.389 e. The summed E-state index contributed by atoms with van der Waals surface area (Å²) < 4.78 is 3.98. The summed E-state index contributed by atoms with van der Waals surface area (Å²) in [4.78, 5) is 0. The molecule has 1 unspecified atom stereocenters. The maximum atomic E-state index is 9.84. The molecule has 110 valence electrons. The first kappa shape index (κ1) is 14.8. The molecule has 2 aromatic rings. The second kappa shape index (κ2) is 5.79. The molecule has 5 nitrogen and oxygen atoms in total. The highest BCUT2D eigenvalue weighted by atomic mass is 16.3. The molecule has 5 heteroatoms. The van der Waals surface area contributed by atoms with E-state index in [1.807, 2.05) is 23.2 Å². The quantitative estimate of drug-likeness (QED) is 0.912. The van der Waals surface area contributed by atoms with E-state index in [0.29, 0.717) is 6.54 Å². The molecule has 2 rings (SSSR count). The molecule has 0 aliphatic heterocycles. The average Bonchev–Trinajstić information content (AvgIpc) is 2.91. The topological polar surface area (TPSA) is 55.9 Å². The monoisotopic (exact) mass is 276 g/mol. The number of aliphatic hydroxyl groups excluding tert-OH is 1. The summed E-state index contributed by atoms with van der Waals surface area (Å²) in [6.07, 6.45) is 0.460. The zero-order valence-electron chi connectivity index (χ0n) is 13.0. The van der Waals surface area contributed by atoms with Crippen molar-refractivity contribution in [2.24, 2.45) is 0 Å². The van der Waals surface area contributed by atoms with Crippen molar-refractivity contribution < 1.29 is 5.11 Å². The molecule has 0 fully saturated rings. The van der Waals surface area contributed by atoms with Gasteiger partial charge in [0.1, 0.15) is 0 Å². The van der Waals surface area contributed by atoms with E-state index in [0.717, 1.165) is 41.3 Å². The molecule has 0 bridgehead atoms. The lowest BCUT2D eigenvalue weighted by Crippen LogP contribution is -2.10. The number of nitrogens with zero attached hydrogens (tertiary/aromatic N) is 4. The molecular formula is C15H24N4O. The average molecular weight is 276 g/mol.